The lowest BCUT2D eigenvalue weighted by atomic mass is 10.1. The number of carbonyl (C=O) groups is 1. The monoisotopic (exact) mass is 374 g/mol. The average molecular weight is 374 g/mol. The van der Waals surface area contributed by atoms with E-state index in [0.29, 0.717) is 11.6 Å². The summed E-state index contributed by atoms with van der Waals surface area (Å²) in [6.07, 6.45) is 7.23. The van der Waals surface area contributed by atoms with Crippen LogP contribution in [0.5, 0.6) is 0 Å². The van der Waals surface area contributed by atoms with Crippen molar-refractivity contribution in [1.82, 2.24) is 25.1 Å². The molecule has 1 N–H and O–H groups in total. The Morgan fingerprint density at radius 1 is 1.25 bits per heavy atom. The van der Waals surface area contributed by atoms with Gasteiger partial charge in [0.05, 0.1) is 35.5 Å². The molecule has 0 aromatic carbocycles. The zero-order valence-electron chi connectivity index (χ0n) is 15.3. The van der Waals surface area contributed by atoms with Crippen LogP contribution in [0.3, 0.4) is 0 Å². The Labute approximate surface area is 161 Å². The van der Waals surface area contributed by atoms with Crippen molar-refractivity contribution in [2.24, 2.45) is 0 Å². The van der Waals surface area contributed by atoms with Crippen LogP contribution in [0.15, 0.2) is 43.0 Å². The lowest BCUT2D eigenvalue weighted by Crippen LogP contribution is -2.48. The normalized spacial score (nSPS) is 17.4. The molecular weight excluding hydrogens is 356 g/mol. The fourth-order valence-corrected chi connectivity index (χ4v) is 3.78. The molecule has 5 rings (SSSR count). The topological polar surface area (TPSA) is 100 Å². The smallest absolute Gasteiger partial charge is 0.329 e. The van der Waals surface area contributed by atoms with E-state index in [1.165, 1.54) is 6.20 Å². The Hall–Kier alpha value is -3.62. The first-order valence-corrected chi connectivity index (χ1v) is 9.11. The predicted molar refractivity (Wildman–Crippen MR) is 104 cm³/mol. The van der Waals surface area contributed by atoms with Crippen LogP contribution in [0.25, 0.3) is 11.3 Å². The van der Waals surface area contributed by atoms with E-state index in [0.717, 1.165) is 42.1 Å². The van der Waals surface area contributed by atoms with E-state index in [2.05, 4.69) is 30.4 Å². The molecule has 2 aliphatic heterocycles. The van der Waals surface area contributed by atoms with Crippen molar-refractivity contribution in [1.29, 1.82) is 0 Å². The molecule has 0 unspecified atom stereocenters. The molecule has 140 valence electrons. The van der Waals surface area contributed by atoms with Gasteiger partial charge in [-0.25, -0.2) is 14.8 Å². The van der Waals surface area contributed by atoms with Crippen LogP contribution < -0.4 is 15.1 Å². The van der Waals surface area contributed by atoms with Gasteiger partial charge >= 0.3 is 6.03 Å². The van der Waals surface area contributed by atoms with Crippen LogP contribution in [0, 0.1) is 6.92 Å². The Bertz CT molecular complexity index is 1040. The maximum Gasteiger partial charge on any atom is 0.329 e. The molecule has 3 aromatic heterocycles. The summed E-state index contributed by atoms with van der Waals surface area (Å²) in [5.41, 5.74) is 3.41. The van der Waals surface area contributed by atoms with E-state index < -0.39 is 0 Å². The molecule has 0 aliphatic carbocycles. The molecule has 3 aromatic rings. The molecule has 5 heterocycles. The molecule has 28 heavy (non-hydrogen) atoms. The molecule has 0 radical (unpaired) electrons. The summed E-state index contributed by atoms with van der Waals surface area (Å²) in [7, 11) is 0. The molecule has 1 fully saturated rings. The summed E-state index contributed by atoms with van der Waals surface area (Å²) in [5.74, 6) is 1.07. The van der Waals surface area contributed by atoms with Gasteiger partial charge in [-0.1, -0.05) is 0 Å². The Morgan fingerprint density at radius 3 is 3.00 bits per heavy atom. The average Bonchev–Trinajstić information content (AvgIpc) is 3.13. The summed E-state index contributed by atoms with van der Waals surface area (Å²) in [6, 6.07) is 5.75. The Morgan fingerprint density at radius 2 is 2.18 bits per heavy atom. The first kappa shape index (κ1) is 16.5. The van der Waals surface area contributed by atoms with Gasteiger partial charge in [0.15, 0.2) is 11.6 Å². The zero-order chi connectivity index (χ0) is 19.1. The van der Waals surface area contributed by atoms with Crippen molar-refractivity contribution in [3.63, 3.8) is 0 Å². The maximum atomic E-state index is 13.1. The number of pyridine rings is 1. The van der Waals surface area contributed by atoms with Crippen molar-refractivity contribution in [2.75, 3.05) is 28.2 Å². The largest absolute Gasteiger partial charge is 0.366 e. The third kappa shape index (κ3) is 2.81. The molecule has 2 aliphatic rings. The quantitative estimate of drug-likeness (QED) is 0.734. The minimum atomic E-state index is -0.248. The van der Waals surface area contributed by atoms with Crippen LogP contribution in [0.1, 0.15) is 12.1 Å². The van der Waals surface area contributed by atoms with Crippen LogP contribution in [0.4, 0.5) is 22.1 Å². The highest BCUT2D eigenvalue weighted by atomic mass is 16.2. The highest BCUT2D eigenvalue weighted by Gasteiger charge is 2.40. The predicted octanol–water partition coefficient (Wildman–Crippen LogP) is 2.27. The van der Waals surface area contributed by atoms with Gasteiger partial charge in [-0.2, -0.15) is 10.2 Å². The molecule has 0 spiro atoms. The van der Waals surface area contributed by atoms with Crippen LogP contribution in [0.2, 0.25) is 0 Å². The van der Waals surface area contributed by atoms with Crippen LogP contribution in [-0.2, 0) is 0 Å². The van der Waals surface area contributed by atoms with Crippen LogP contribution in [-0.4, -0.2) is 50.3 Å². The van der Waals surface area contributed by atoms with Gasteiger partial charge < -0.3 is 4.90 Å². The second kappa shape index (κ2) is 6.52. The number of nitrogens with one attached hydrogen (secondary N) is 1. The number of amides is 2. The van der Waals surface area contributed by atoms with Gasteiger partial charge in [0, 0.05) is 31.0 Å². The Balaban J connectivity index is 1.54. The summed E-state index contributed by atoms with van der Waals surface area (Å²) in [5, 5.41) is 10.9. The van der Waals surface area contributed by atoms with E-state index in [-0.39, 0.29) is 12.1 Å². The first-order valence-electron chi connectivity index (χ1n) is 9.11. The number of rotatable bonds is 2. The third-order valence-electron chi connectivity index (χ3n) is 5.04. The first-order chi connectivity index (χ1) is 13.7. The molecule has 0 saturated carbocycles. The number of carbonyl (C=O) groups excluding carboxylic acids is 1. The molecule has 1 saturated heterocycles. The number of fused-ring (bicyclic) bond motifs is 4. The van der Waals surface area contributed by atoms with Gasteiger partial charge in [0.1, 0.15) is 0 Å². The number of hydrogen-bond donors (Lipinski definition) is 1. The van der Waals surface area contributed by atoms with Gasteiger partial charge in [0.25, 0.3) is 0 Å². The van der Waals surface area contributed by atoms with Gasteiger partial charge in [-0.15, -0.1) is 0 Å². The van der Waals surface area contributed by atoms with Gasteiger partial charge in [-0.3, -0.25) is 15.2 Å². The molecule has 2 bridgehead atoms. The van der Waals surface area contributed by atoms with Crippen molar-refractivity contribution in [3.05, 3.63) is 48.7 Å². The van der Waals surface area contributed by atoms with Crippen molar-refractivity contribution in [2.45, 2.75) is 19.4 Å². The van der Waals surface area contributed by atoms with Gasteiger partial charge in [-0.05, 0) is 31.5 Å². The summed E-state index contributed by atoms with van der Waals surface area (Å²) < 4.78 is 0. The number of anilines is 3. The molecular formula is C19H18N8O. The number of nitrogens with zero attached hydrogens (tertiary/aromatic N) is 7. The fraction of sp³-hybridized carbons (Fsp3) is 0.263. The minimum Gasteiger partial charge on any atom is -0.366 e. The third-order valence-corrected chi connectivity index (χ3v) is 5.04. The highest BCUT2D eigenvalue weighted by Crippen LogP contribution is 2.40. The highest BCUT2D eigenvalue weighted by molar-refractivity contribution is 6.04. The second-order valence-corrected chi connectivity index (χ2v) is 6.90. The van der Waals surface area contributed by atoms with E-state index in [1.807, 2.05) is 25.1 Å². The zero-order valence-corrected chi connectivity index (χ0v) is 15.3. The van der Waals surface area contributed by atoms with E-state index >= 15 is 0 Å². The molecule has 1 atom stereocenters. The lowest BCUT2D eigenvalue weighted by molar-refractivity contribution is 0.254. The minimum absolute atomic E-state index is 0.0734. The van der Waals surface area contributed by atoms with Crippen LogP contribution >= 0.6 is 0 Å². The number of aryl methyl sites for hydroxylation is 1. The molecule has 9 nitrogen and oxygen atoms in total. The SMILES string of the molecule is Cc1cc(-c2ccc3c(n2)N(C(=O)Nc2cnccn2)[C@H]2CCN3C2)cnn1. The van der Waals surface area contributed by atoms with E-state index in [1.54, 1.807) is 23.5 Å². The summed E-state index contributed by atoms with van der Waals surface area (Å²) in [4.78, 5) is 30.1. The standard InChI is InChI=1S/C19H18N8O/c1-12-8-13(9-22-25-12)15-2-3-16-18(23-15)27(14-4-7-26(16)11-14)19(28)24-17-10-20-5-6-21-17/h2-3,5-6,8-10,14H,4,7,11H2,1H3,(H,21,24,28)/t14-/m0/s1. The van der Waals surface area contributed by atoms with Crippen molar-refractivity contribution in [3.8, 4) is 11.3 Å². The second-order valence-electron chi connectivity index (χ2n) is 6.90. The number of hydrogen-bond acceptors (Lipinski definition) is 7. The lowest BCUT2D eigenvalue weighted by Gasteiger charge is -2.35. The van der Waals surface area contributed by atoms with E-state index in [4.69, 9.17) is 4.98 Å². The van der Waals surface area contributed by atoms with Crippen molar-refractivity contribution >= 4 is 23.4 Å². The van der Waals surface area contributed by atoms with Gasteiger partial charge in [0.2, 0.25) is 0 Å². The maximum absolute atomic E-state index is 13.1. The molecule has 9 heteroatoms. The van der Waals surface area contributed by atoms with Crippen molar-refractivity contribution < 1.29 is 4.79 Å². The summed E-state index contributed by atoms with van der Waals surface area (Å²) in [6.45, 7) is 3.60. The van der Waals surface area contributed by atoms with E-state index in [9.17, 15) is 4.79 Å². The Kier molecular flexibility index (Phi) is 3.85. The summed E-state index contributed by atoms with van der Waals surface area (Å²) >= 11 is 0. The fourth-order valence-electron chi connectivity index (χ4n) is 3.78. The molecule has 2 amide bonds. The number of urea groups is 1. The number of aromatic nitrogens is 5.